The van der Waals surface area contributed by atoms with Gasteiger partial charge in [0.2, 0.25) is 0 Å². The van der Waals surface area contributed by atoms with Gasteiger partial charge in [-0.05, 0) is 36.8 Å². The number of carbonyl (C=O) groups excluding carboxylic acids is 2. The van der Waals surface area contributed by atoms with E-state index in [0.29, 0.717) is 5.75 Å². The maximum atomic E-state index is 13.0. The van der Waals surface area contributed by atoms with Crippen molar-refractivity contribution in [2.45, 2.75) is 44.8 Å². The van der Waals surface area contributed by atoms with Crippen LogP contribution >= 0.6 is 0 Å². The molecule has 25 heavy (non-hydrogen) atoms. The number of β-amino-alcohol motifs (C(OH)–C–C–N with tert-alkyl or cyclic N) is 1. The highest BCUT2D eigenvalue weighted by Crippen LogP contribution is 2.42. The summed E-state index contributed by atoms with van der Waals surface area (Å²) in [6.07, 6.45) is 1.98. The Morgan fingerprint density at radius 2 is 1.88 bits per heavy atom. The van der Waals surface area contributed by atoms with Gasteiger partial charge >= 0.3 is 6.03 Å². The molecule has 1 aliphatic carbocycles. The van der Waals surface area contributed by atoms with Crippen LogP contribution in [0.15, 0.2) is 30.3 Å². The molecule has 0 unspecified atom stereocenters. The van der Waals surface area contributed by atoms with E-state index >= 15 is 0 Å². The summed E-state index contributed by atoms with van der Waals surface area (Å²) in [7, 11) is 0. The Hall–Kier alpha value is -2.08. The van der Waals surface area contributed by atoms with Gasteiger partial charge in [-0.3, -0.25) is 9.69 Å². The molecule has 3 atom stereocenters. The van der Waals surface area contributed by atoms with Crippen molar-refractivity contribution >= 4 is 11.9 Å². The molecule has 3 rings (SSSR count). The lowest BCUT2D eigenvalue weighted by Gasteiger charge is -2.42. The van der Waals surface area contributed by atoms with Crippen molar-refractivity contribution in [2.24, 2.45) is 11.8 Å². The number of nitrogens with one attached hydrogen (secondary N) is 1. The smallest absolute Gasteiger partial charge is 0.325 e. The fourth-order valence-electron chi connectivity index (χ4n) is 4.09. The molecule has 2 N–H and O–H groups in total. The first-order valence-electron chi connectivity index (χ1n) is 8.95. The standard InChI is InChI=1S/C19H26N2O4/c1-13-7-6-8-14(2)19(13)17(23)21(18(24)20-19)11-15(22)12-25-16-9-4-3-5-10-16/h3-5,9-10,13-15,22H,6-8,11-12H2,1-2H3,(H,20,24)/t13-,14-,15-/m1/s1. The number of para-hydroxylation sites is 1. The average molecular weight is 346 g/mol. The average Bonchev–Trinajstić information content (AvgIpc) is 2.85. The molecule has 6 heteroatoms. The highest BCUT2D eigenvalue weighted by atomic mass is 16.5. The number of carbonyl (C=O) groups is 2. The molecule has 1 aromatic carbocycles. The first-order valence-corrected chi connectivity index (χ1v) is 8.95. The van der Waals surface area contributed by atoms with E-state index in [0.717, 1.165) is 24.2 Å². The second-order valence-corrected chi connectivity index (χ2v) is 7.23. The number of benzene rings is 1. The summed E-state index contributed by atoms with van der Waals surface area (Å²) in [5.41, 5.74) is -0.824. The van der Waals surface area contributed by atoms with E-state index < -0.39 is 17.7 Å². The van der Waals surface area contributed by atoms with E-state index in [-0.39, 0.29) is 30.9 Å². The molecular weight excluding hydrogens is 320 g/mol. The second kappa shape index (κ2) is 7.04. The molecule has 1 aromatic rings. The monoisotopic (exact) mass is 346 g/mol. The summed E-state index contributed by atoms with van der Waals surface area (Å²) in [6.45, 7) is 4.01. The van der Waals surface area contributed by atoms with Crippen LogP contribution in [0.5, 0.6) is 5.75 Å². The predicted molar refractivity (Wildman–Crippen MR) is 93.1 cm³/mol. The Morgan fingerprint density at radius 1 is 1.24 bits per heavy atom. The molecule has 3 amide bonds. The van der Waals surface area contributed by atoms with Crippen LogP contribution in [0.1, 0.15) is 33.1 Å². The predicted octanol–water partition coefficient (Wildman–Crippen LogP) is 2.17. The fraction of sp³-hybridized carbons (Fsp3) is 0.579. The van der Waals surface area contributed by atoms with E-state index in [4.69, 9.17) is 4.74 Å². The zero-order chi connectivity index (χ0) is 18.0. The number of aliphatic hydroxyl groups is 1. The van der Waals surface area contributed by atoms with Crippen molar-refractivity contribution < 1.29 is 19.4 Å². The molecule has 0 aromatic heterocycles. The molecule has 136 valence electrons. The summed E-state index contributed by atoms with van der Waals surface area (Å²) >= 11 is 0. The van der Waals surface area contributed by atoms with Crippen molar-refractivity contribution in [3.8, 4) is 5.75 Å². The Balaban J connectivity index is 1.64. The van der Waals surface area contributed by atoms with E-state index in [9.17, 15) is 14.7 Å². The first-order chi connectivity index (χ1) is 11.9. The number of hydrogen-bond acceptors (Lipinski definition) is 4. The molecule has 6 nitrogen and oxygen atoms in total. The minimum absolute atomic E-state index is 0.0270. The normalized spacial score (nSPS) is 26.6. The van der Waals surface area contributed by atoms with Gasteiger partial charge in [0.15, 0.2) is 0 Å². The molecule has 1 heterocycles. The molecule has 2 aliphatic rings. The van der Waals surface area contributed by atoms with Crippen molar-refractivity contribution in [3.63, 3.8) is 0 Å². The van der Waals surface area contributed by atoms with Gasteiger partial charge in [-0.1, -0.05) is 38.5 Å². The number of aliphatic hydroxyl groups excluding tert-OH is 1. The van der Waals surface area contributed by atoms with Crippen LogP contribution in [0, 0.1) is 11.8 Å². The van der Waals surface area contributed by atoms with Gasteiger partial charge in [0.05, 0.1) is 6.54 Å². The van der Waals surface area contributed by atoms with Gasteiger partial charge in [-0.25, -0.2) is 4.79 Å². The van der Waals surface area contributed by atoms with Crippen molar-refractivity contribution in [2.75, 3.05) is 13.2 Å². The number of nitrogens with zero attached hydrogens (tertiary/aromatic N) is 1. The van der Waals surface area contributed by atoms with E-state index in [1.54, 1.807) is 12.1 Å². The van der Waals surface area contributed by atoms with E-state index in [1.165, 1.54) is 0 Å². The zero-order valence-corrected chi connectivity index (χ0v) is 14.8. The highest BCUT2D eigenvalue weighted by Gasteiger charge is 2.58. The van der Waals surface area contributed by atoms with E-state index in [2.05, 4.69) is 5.32 Å². The third-order valence-corrected chi connectivity index (χ3v) is 5.57. The quantitative estimate of drug-likeness (QED) is 0.801. The minimum atomic E-state index is -0.931. The largest absolute Gasteiger partial charge is 0.491 e. The number of rotatable bonds is 5. The summed E-state index contributed by atoms with van der Waals surface area (Å²) in [5.74, 6) is 0.617. The van der Waals surface area contributed by atoms with Gasteiger partial charge in [0.1, 0.15) is 24.0 Å². The van der Waals surface area contributed by atoms with Crippen LogP contribution in [-0.4, -0.2) is 46.7 Å². The molecule has 0 radical (unpaired) electrons. The van der Waals surface area contributed by atoms with Gasteiger partial charge in [0, 0.05) is 0 Å². The van der Waals surface area contributed by atoms with Crippen molar-refractivity contribution in [3.05, 3.63) is 30.3 Å². The van der Waals surface area contributed by atoms with Crippen LogP contribution in [0.3, 0.4) is 0 Å². The van der Waals surface area contributed by atoms with Gasteiger partial charge in [-0.15, -0.1) is 0 Å². The summed E-state index contributed by atoms with van der Waals surface area (Å²) < 4.78 is 5.51. The lowest BCUT2D eigenvalue weighted by atomic mass is 9.67. The molecule has 1 saturated carbocycles. The molecule has 1 saturated heterocycles. The third-order valence-electron chi connectivity index (χ3n) is 5.57. The summed E-state index contributed by atoms with van der Waals surface area (Å²) in [6, 6.07) is 8.73. The molecule has 0 bridgehead atoms. The minimum Gasteiger partial charge on any atom is -0.491 e. The van der Waals surface area contributed by atoms with Gasteiger partial charge in [0.25, 0.3) is 5.91 Å². The Morgan fingerprint density at radius 3 is 2.52 bits per heavy atom. The van der Waals surface area contributed by atoms with Gasteiger partial charge in [-0.2, -0.15) is 0 Å². The van der Waals surface area contributed by atoms with Crippen molar-refractivity contribution in [1.82, 2.24) is 10.2 Å². The summed E-state index contributed by atoms with van der Waals surface area (Å²) in [5, 5.41) is 13.2. The molecule has 1 spiro atoms. The van der Waals surface area contributed by atoms with Crippen LogP contribution in [0.2, 0.25) is 0 Å². The summed E-state index contributed by atoms with van der Waals surface area (Å²) in [4.78, 5) is 26.6. The fourth-order valence-corrected chi connectivity index (χ4v) is 4.09. The van der Waals surface area contributed by atoms with Crippen LogP contribution in [0.4, 0.5) is 4.79 Å². The number of hydrogen-bond donors (Lipinski definition) is 2. The maximum Gasteiger partial charge on any atom is 0.325 e. The zero-order valence-electron chi connectivity index (χ0n) is 14.8. The number of amides is 3. The SMILES string of the molecule is C[C@@H]1CCC[C@@H](C)C12NC(=O)N(C[C@@H](O)COc1ccccc1)C2=O. The topological polar surface area (TPSA) is 78.9 Å². The maximum absolute atomic E-state index is 13.0. The second-order valence-electron chi connectivity index (χ2n) is 7.23. The number of imide groups is 1. The van der Waals surface area contributed by atoms with Crippen molar-refractivity contribution in [1.29, 1.82) is 0 Å². The highest BCUT2D eigenvalue weighted by molar-refractivity contribution is 6.07. The van der Waals surface area contributed by atoms with Crippen LogP contribution in [-0.2, 0) is 4.79 Å². The number of urea groups is 1. The third kappa shape index (κ3) is 3.23. The Kier molecular flexibility index (Phi) is 4.99. The lowest BCUT2D eigenvalue weighted by Crippen LogP contribution is -2.59. The van der Waals surface area contributed by atoms with Gasteiger partial charge < -0.3 is 15.2 Å². The molecule has 2 fully saturated rings. The van der Waals surface area contributed by atoms with E-state index in [1.807, 2.05) is 32.0 Å². The van der Waals surface area contributed by atoms with Crippen LogP contribution in [0.25, 0.3) is 0 Å². The lowest BCUT2D eigenvalue weighted by molar-refractivity contribution is -0.137. The Bertz CT molecular complexity index is 624. The molecule has 1 aliphatic heterocycles. The first kappa shape index (κ1) is 17.7. The van der Waals surface area contributed by atoms with Crippen LogP contribution < -0.4 is 10.1 Å². The Labute approximate surface area is 148 Å². The number of ether oxygens (including phenoxy) is 1. The molecular formula is C19H26N2O4.